The zero-order chi connectivity index (χ0) is 14.7. The SMILES string of the molecule is C[C@@H](O)c1ccc(N(CC(N)=O)C2CCCC2)c(Cl)c1. The van der Waals surface area contributed by atoms with Crippen LogP contribution in [-0.4, -0.2) is 23.6 Å². The first-order valence-electron chi connectivity index (χ1n) is 7.01. The topological polar surface area (TPSA) is 66.6 Å². The molecule has 0 radical (unpaired) electrons. The first-order valence-corrected chi connectivity index (χ1v) is 7.39. The summed E-state index contributed by atoms with van der Waals surface area (Å²) in [4.78, 5) is 13.3. The van der Waals surface area contributed by atoms with Crippen molar-refractivity contribution in [1.82, 2.24) is 0 Å². The lowest BCUT2D eigenvalue weighted by Crippen LogP contribution is -2.40. The first-order chi connectivity index (χ1) is 9.49. The van der Waals surface area contributed by atoms with Gasteiger partial charge < -0.3 is 15.7 Å². The molecule has 110 valence electrons. The van der Waals surface area contributed by atoms with Crippen LogP contribution >= 0.6 is 11.6 Å². The van der Waals surface area contributed by atoms with Gasteiger partial charge in [-0.15, -0.1) is 0 Å². The number of benzene rings is 1. The van der Waals surface area contributed by atoms with Gasteiger partial charge in [-0.3, -0.25) is 4.79 Å². The molecule has 1 fully saturated rings. The number of nitrogens with zero attached hydrogens (tertiary/aromatic N) is 1. The van der Waals surface area contributed by atoms with Gasteiger partial charge in [-0.2, -0.15) is 0 Å². The van der Waals surface area contributed by atoms with Gasteiger partial charge in [0.15, 0.2) is 0 Å². The second-order valence-corrected chi connectivity index (χ2v) is 5.83. The summed E-state index contributed by atoms with van der Waals surface area (Å²) in [6, 6.07) is 5.78. The number of aliphatic hydroxyl groups excluding tert-OH is 1. The van der Waals surface area contributed by atoms with Gasteiger partial charge in [-0.05, 0) is 37.5 Å². The normalized spacial score (nSPS) is 17.1. The summed E-state index contributed by atoms with van der Waals surface area (Å²) in [6.07, 6.45) is 3.90. The summed E-state index contributed by atoms with van der Waals surface area (Å²) >= 11 is 6.33. The maximum Gasteiger partial charge on any atom is 0.236 e. The third kappa shape index (κ3) is 3.44. The van der Waals surface area contributed by atoms with E-state index in [-0.39, 0.29) is 12.5 Å². The molecule has 1 aromatic carbocycles. The minimum absolute atomic E-state index is 0.179. The molecule has 0 saturated heterocycles. The Morgan fingerprint density at radius 3 is 2.65 bits per heavy atom. The van der Waals surface area contributed by atoms with E-state index >= 15 is 0 Å². The van der Waals surface area contributed by atoms with Crippen molar-refractivity contribution in [2.24, 2.45) is 5.73 Å². The van der Waals surface area contributed by atoms with Crippen LogP contribution in [0.5, 0.6) is 0 Å². The lowest BCUT2D eigenvalue weighted by atomic mass is 10.1. The van der Waals surface area contributed by atoms with E-state index in [9.17, 15) is 9.90 Å². The Morgan fingerprint density at radius 1 is 1.50 bits per heavy atom. The van der Waals surface area contributed by atoms with Crippen molar-refractivity contribution in [3.63, 3.8) is 0 Å². The smallest absolute Gasteiger partial charge is 0.236 e. The fourth-order valence-corrected chi connectivity index (χ4v) is 3.11. The van der Waals surface area contributed by atoms with Crippen LogP contribution in [0.2, 0.25) is 5.02 Å². The van der Waals surface area contributed by atoms with Crippen LogP contribution in [0.15, 0.2) is 18.2 Å². The molecule has 4 nitrogen and oxygen atoms in total. The Morgan fingerprint density at radius 2 is 2.15 bits per heavy atom. The average Bonchev–Trinajstić information content (AvgIpc) is 2.89. The van der Waals surface area contributed by atoms with Crippen molar-refractivity contribution in [2.75, 3.05) is 11.4 Å². The molecule has 0 bridgehead atoms. The number of rotatable bonds is 5. The lowest BCUT2D eigenvalue weighted by molar-refractivity contribution is -0.116. The number of hydrogen-bond acceptors (Lipinski definition) is 3. The van der Waals surface area contributed by atoms with Crippen molar-refractivity contribution < 1.29 is 9.90 Å². The van der Waals surface area contributed by atoms with Crippen molar-refractivity contribution >= 4 is 23.2 Å². The third-order valence-corrected chi connectivity index (χ3v) is 4.16. The van der Waals surface area contributed by atoms with Crippen LogP contribution in [-0.2, 0) is 4.79 Å². The van der Waals surface area contributed by atoms with Gasteiger partial charge in [0.2, 0.25) is 5.91 Å². The molecule has 1 atom stereocenters. The summed E-state index contributed by atoms with van der Waals surface area (Å²) in [5.74, 6) is -0.354. The highest BCUT2D eigenvalue weighted by atomic mass is 35.5. The molecule has 0 aliphatic heterocycles. The van der Waals surface area contributed by atoms with Gasteiger partial charge in [0, 0.05) is 6.04 Å². The maximum atomic E-state index is 11.3. The number of aliphatic hydroxyl groups is 1. The highest BCUT2D eigenvalue weighted by molar-refractivity contribution is 6.33. The Hall–Kier alpha value is -1.26. The summed E-state index contributed by atoms with van der Waals surface area (Å²) in [6.45, 7) is 1.88. The maximum absolute atomic E-state index is 11.3. The zero-order valence-corrected chi connectivity index (χ0v) is 12.4. The summed E-state index contributed by atoms with van der Waals surface area (Å²) < 4.78 is 0. The fourth-order valence-electron chi connectivity index (χ4n) is 2.81. The lowest BCUT2D eigenvalue weighted by Gasteiger charge is -2.31. The molecule has 20 heavy (non-hydrogen) atoms. The molecule has 5 heteroatoms. The van der Waals surface area contributed by atoms with E-state index < -0.39 is 6.10 Å². The highest BCUT2D eigenvalue weighted by Gasteiger charge is 2.25. The van der Waals surface area contributed by atoms with E-state index in [1.807, 2.05) is 17.0 Å². The first kappa shape index (κ1) is 15.1. The molecule has 1 amide bonds. The molecule has 3 N–H and O–H groups in total. The van der Waals surface area contributed by atoms with E-state index in [1.54, 1.807) is 13.0 Å². The molecule has 2 rings (SSSR count). The molecule has 0 spiro atoms. The Labute approximate surface area is 124 Å². The number of amides is 1. The van der Waals surface area contributed by atoms with E-state index in [4.69, 9.17) is 17.3 Å². The predicted molar refractivity (Wildman–Crippen MR) is 80.9 cm³/mol. The predicted octanol–water partition coefficient (Wildman–Crippen LogP) is 2.63. The van der Waals surface area contributed by atoms with Crippen LogP contribution < -0.4 is 10.6 Å². The molecule has 1 aromatic rings. The van der Waals surface area contributed by atoms with Crippen LogP contribution in [0.3, 0.4) is 0 Å². The second-order valence-electron chi connectivity index (χ2n) is 5.42. The van der Waals surface area contributed by atoms with Gasteiger partial charge in [0.25, 0.3) is 0 Å². The van der Waals surface area contributed by atoms with Crippen LogP contribution in [0.25, 0.3) is 0 Å². The number of carbonyl (C=O) groups is 1. The van der Waals surface area contributed by atoms with Gasteiger partial charge in [0.1, 0.15) is 0 Å². The van der Waals surface area contributed by atoms with Crippen molar-refractivity contribution in [2.45, 2.75) is 44.8 Å². The number of nitrogens with two attached hydrogens (primary N) is 1. The quantitative estimate of drug-likeness (QED) is 0.878. The molecule has 1 saturated carbocycles. The standard InChI is InChI=1S/C15H21ClN2O2/c1-10(19)11-6-7-14(13(16)8-11)18(9-15(17)20)12-4-2-3-5-12/h6-8,10,12,19H,2-5,9H2,1H3,(H2,17,20)/t10-/m1/s1. The molecule has 0 aromatic heterocycles. The summed E-state index contributed by atoms with van der Waals surface area (Å²) in [5, 5.41) is 10.1. The van der Waals surface area contributed by atoms with Crippen LogP contribution in [0, 0.1) is 0 Å². The largest absolute Gasteiger partial charge is 0.389 e. The van der Waals surface area contributed by atoms with Gasteiger partial charge in [-0.25, -0.2) is 0 Å². The van der Waals surface area contributed by atoms with Gasteiger partial charge in [-0.1, -0.05) is 30.5 Å². The van der Waals surface area contributed by atoms with E-state index in [0.717, 1.165) is 24.1 Å². The average molecular weight is 297 g/mol. The van der Waals surface area contributed by atoms with Crippen molar-refractivity contribution in [1.29, 1.82) is 0 Å². The number of primary amides is 1. The highest BCUT2D eigenvalue weighted by Crippen LogP contribution is 2.34. The Kier molecular flexibility index (Phi) is 4.89. The minimum Gasteiger partial charge on any atom is -0.389 e. The van der Waals surface area contributed by atoms with E-state index in [2.05, 4.69) is 0 Å². The Bertz CT molecular complexity index is 485. The van der Waals surface area contributed by atoms with Crippen molar-refractivity contribution in [3.8, 4) is 0 Å². The van der Waals surface area contributed by atoms with Crippen LogP contribution in [0.4, 0.5) is 5.69 Å². The molecule has 0 unspecified atom stereocenters. The van der Waals surface area contributed by atoms with Crippen LogP contribution in [0.1, 0.15) is 44.3 Å². The van der Waals surface area contributed by atoms with Gasteiger partial charge in [0.05, 0.1) is 23.4 Å². The number of hydrogen-bond donors (Lipinski definition) is 2. The molecular weight excluding hydrogens is 276 g/mol. The number of anilines is 1. The molecular formula is C15H21ClN2O2. The molecule has 1 aliphatic carbocycles. The van der Waals surface area contributed by atoms with E-state index in [1.165, 1.54) is 12.8 Å². The van der Waals surface area contributed by atoms with Gasteiger partial charge >= 0.3 is 0 Å². The summed E-state index contributed by atoms with van der Waals surface area (Å²) in [7, 11) is 0. The number of halogens is 1. The zero-order valence-electron chi connectivity index (χ0n) is 11.7. The second kappa shape index (κ2) is 6.46. The summed E-state index contributed by atoms with van der Waals surface area (Å²) in [5.41, 5.74) is 6.95. The third-order valence-electron chi connectivity index (χ3n) is 3.86. The minimum atomic E-state index is -0.558. The monoisotopic (exact) mass is 296 g/mol. The Balaban J connectivity index is 2.30. The fraction of sp³-hybridized carbons (Fsp3) is 0.533. The molecule has 0 heterocycles. The number of carbonyl (C=O) groups excluding carboxylic acids is 1. The van der Waals surface area contributed by atoms with E-state index in [0.29, 0.717) is 11.1 Å². The molecule has 1 aliphatic rings. The van der Waals surface area contributed by atoms with Crippen molar-refractivity contribution in [3.05, 3.63) is 28.8 Å².